The monoisotopic (exact) mass is 276 g/mol. The van der Waals surface area contributed by atoms with Crippen molar-refractivity contribution in [3.63, 3.8) is 0 Å². The van der Waals surface area contributed by atoms with E-state index in [1.807, 2.05) is 18.2 Å². The Bertz CT molecular complexity index is 487. The minimum atomic E-state index is 0.0858. The second-order valence-corrected chi connectivity index (χ2v) is 5.69. The highest BCUT2D eigenvalue weighted by Gasteiger charge is 2.24. The van der Waals surface area contributed by atoms with Crippen molar-refractivity contribution in [3.8, 4) is 5.75 Å². The van der Waals surface area contributed by atoms with Gasteiger partial charge in [0.05, 0.1) is 7.11 Å². The first-order valence-corrected chi connectivity index (χ1v) is 7.18. The van der Waals surface area contributed by atoms with Gasteiger partial charge in [0, 0.05) is 36.3 Å². The molecule has 1 aliphatic heterocycles. The lowest BCUT2D eigenvalue weighted by Crippen LogP contribution is -2.45. The molecule has 2 atom stereocenters. The summed E-state index contributed by atoms with van der Waals surface area (Å²) in [4.78, 5) is 13.9. The van der Waals surface area contributed by atoms with Gasteiger partial charge in [0.2, 0.25) is 0 Å². The van der Waals surface area contributed by atoms with E-state index in [4.69, 9.17) is 10.5 Å². The van der Waals surface area contributed by atoms with Crippen LogP contribution in [0, 0.1) is 0 Å². The van der Waals surface area contributed by atoms with Gasteiger partial charge in [-0.1, -0.05) is 0 Å². The fraction of sp³-hybridized carbons (Fsp3) is 0.562. The summed E-state index contributed by atoms with van der Waals surface area (Å²) in [5, 5.41) is 0. The van der Waals surface area contributed by atoms with Crippen LogP contribution in [0.15, 0.2) is 18.2 Å². The summed E-state index contributed by atoms with van der Waals surface area (Å²) in [5.41, 5.74) is 7.81. The van der Waals surface area contributed by atoms with Gasteiger partial charge in [-0.15, -0.1) is 0 Å². The lowest BCUT2D eigenvalue weighted by Gasteiger charge is -2.36. The van der Waals surface area contributed by atoms with Gasteiger partial charge in [-0.05, 0) is 44.9 Å². The maximum absolute atomic E-state index is 11.5. The molecule has 1 aromatic rings. The molecule has 0 aliphatic carbocycles. The number of ether oxygens (including phenoxy) is 1. The average Bonchev–Trinajstić information content (AvgIpc) is 2.41. The number of nitrogens with zero attached hydrogens (tertiary/aromatic N) is 1. The third kappa shape index (κ3) is 3.38. The smallest absolute Gasteiger partial charge is 0.159 e. The summed E-state index contributed by atoms with van der Waals surface area (Å²) in [6, 6.07) is 6.42. The van der Waals surface area contributed by atoms with Gasteiger partial charge >= 0.3 is 0 Å². The zero-order valence-corrected chi connectivity index (χ0v) is 12.6. The van der Waals surface area contributed by atoms with Crippen LogP contribution in [0.5, 0.6) is 5.75 Å². The number of ketones is 1. The number of hydrogen-bond donors (Lipinski definition) is 1. The van der Waals surface area contributed by atoms with E-state index >= 15 is 0 Å². The van der Waals surface area contributed by atoms with Crippen LogP contribution in [0.4, 0.5) is 0 Å². The fourth-order valence-electron chi connectivity index (χ4n) is 2.83. The number of nitrogens with two attached hydrogens (primary N) is 1. The number of likely N-dealkylation sites (tertiary alicyclic amines) is 1. The standard InChI is InChI=1S/C16H24N2O2/c1-11-8-15(17)6-7-18(11)10-14-9-13(12(2)19)4-5-16(14)20-3/h4-5,9,11,15H,6-8,10,17H2,1-3H3. The Hall–Kier alpha value is -1.39. The predicted octanol–water partition coefficient (Wildman–Crippen LogP) is 2.21. The van der Waals surface area contributed by atoms with Crippen LogP contribution in [0.1, 0.15) is 42.6 Å². The van der Waals surface area contributed by atoms with Crippen LogP contribution in [-0.2, 0) is 6.54 Å². The molecular weight excluding hydrogens is 252 g/mol. The van der Waals surface area contributed by atoms with Gasteiger partial charge in [0.25, 0.3) is 0 Å². The molecule has 1 fully saturated rings. The van der Waals surface area contributed by atoms with E-state index in [9.17, 15) is 4.79 Å². The van der Waals surface area contributed by atoms with E-state index in [0.29, 0.717) is 12.1 Å². The number of methoxy groups -OCH3 is 1. The van der Waals surface area contributed by atoms with E-state index in [-0.39, 0.29) is 5.78 Å². The second-order valence-electron chi connectivity index (χ2n) is 5.69. The molecule has 0 radical (unpaired) electrons. The first-order valence-electron chi connectivity index (χ1n) is 7.18. The molecular formula is C16H24N2O2. The topological polar surface area (TPSA) is 55.6 Å². The van der Waals surface area contributed by atoms with E-state index in [1.165, 1.54) is 0 Å². The maximum atomic E-state index is 11.5. The van der Waals surface area contributed by atoms with E-state index in [1.54, 1.807) is 14.0 Å². The van der Waals surface area contributed by atoms with Crippen molar-refractivity contribution >= 4 is 5.78 Å². The molecule has 4 nitrogen and oxygen atoms in total. The summed E-state index contributed by atoms with van der Waals surface area (Å²) in [5.74, 6) is 0.930. The molecule has 1 aromatic carbocycles. The van der Waals surface area contributed by atoms with Crippen molar-refractivity contribution in [1.29, 1.82) is 0 Å². The molecule has 1 aliphatic rings. The first-order chi connectivity index (χ1) is 9.51. The van der Waals surface area contributed by atoms with Gasteiger partial charge in [0.15, 0.2) is 5.78 Å². The summed E-state index contributed by atoms with van der Waals surface area (Å²) in [6.07, 6.45) is 2.05. The molecule has 2 rings (SSSR count). The van der Waals surface area contributed by atoms with Crippen molar-refractivity contribution in [3.05, 3.63) is 29.3 Å². The van der Waals surface area contributed by atoms with Crippen molar-refractivity contribution in [2.24, 2.45) is 5.73 Å². The number of Topliss-reactive ketones (excluding diaryl/α,β-unsaturated/α-hetero) is 1. The predicted molar refractivity (Wildman–Crippen MR) is 80.1 cm³/mol. The van der Waals surface area contributed by atoms with Crippen LogP contribution in [0.25, 0.3) is 0 Å². The Morgan fingerprint density at radius 1 is 1.50 bits per heavy atom. The fourth-order valence-corrected chi connectivity index (χ4v) is 2.83. The molecule has 1 saturated heterocycles. The lowest BCUT2D eigenvalue weighted by molar-refractivity contribution is 0.101. The molecule has 2 N–H and O–H groups in total. The van der Waals surface area contributed by atoms with Crippen LogP contribution < -0.4 is 10.5 Å². The molecule has 0 aromatic heterocycles. The zero-order valence-electron chi connectivity index (χ0n) is 12.6. The van der Waals surface area contributed by atoms with Gasteiger partial charge in [-0.3, -0.25) is 9.69 Å². The van der Waals surface area contributed by atoms with Crippen LogP contribution in [0.2, 0.25) is 0 Å². The molecule has 110 valence electrons. The number of piperidine rings is 1. The lowest BCUT2D eigenvalue weighted by atomic mass is 9.98. The Labute approximate surface area is 120 Å². The molecule has 0 spiro atoms. The molecule has 4 heteroatoms. The van der Waals surface area contributed by atoms with Crippen molar-refractivity contribution in [1.82, 2.24) is 4.90 Å². The van der Waals surface area contributed by atoms with E-state index < -0.39 is 0 Å². The minimum Gasteiger partial charge on any atom is -0.496 e. The van der Waals surface area contributed by atoms with Gasteiger partial charge in [-0.25, -0.2) is 0 Å². The zero-order chi connectivity index (χ0) is 14.7. The number of hydrogen-bond acceptors (Lipinski definition) is 4. The van der Waals surface area contributed by atoms with Crippen molar-refractivity contribution in [2.45, 2.75) is 45.3 Å². The van der Waals surface area contributed by atoms with Gasteiger partial charge in [0.1, 0.15) is 5.75 Å². The molecule has 0 saturated carbocycles. The summed E-state index contributed by atoms with van der Waals surface area (Å²) in [6.45, 7) is 5.60. The molecule has 0 bridgehead atoms. The third-order valence-electron chi connectivity index (χ3n) is 4.11. The quantitative estimate of drug-likeness (QED) is 0.857. The Balaban J connectivity index is 2.18. The van der Waals surface area contributed by atoms with Crippen molar-refractivity contribution in [2.75, 3.05) is 13.7 Å². The second kappa shape index (κ2) is 6.37. The van der Waals surface area contributed by atoms with Gasteiger partial charge < -0.3 is 10.5 Å². The highest BCUT2D eigenvalue weighted by Crippen LogP contribution is 2.25. The van der Waals surface area contributed by atoms with Crippen LogP contribution in [-0.4, -0.2) is 36.4 Å². The van der Waals surface area contributed by atoms with Crippen LogP contribution in [0.3, 0.4) is 0 Å². The summed E-state index contributed by atoms with van der Waals surface area (Å²) < 4.78 is 5.42. The Kier molecular flexibility index (Phi) is 4.78. The Morgan fingerprint density at radius 2 is 2.25 bits per heavy atom. The van der Waals surface area contributed by atoms with E-state index in [0.717, 1.165) is 42.8 Å². The highest BCUT2D eigenvalue weighted by atomic mass is 16.5. The molecule has 20 heavy (non-hydrogen) atoms. The summed E-state index contributed by atoms with van der Waals surface area (Å²) in [7, 11) is 1.67. The molecule has 1 heterocycles. The maximum Gasteiger partial charge on any atom is 0.159 e. The minimum absolute atomic E-state index is 0.0858. The first kappa shape index (κ1) is 15.0. The Morgan fingerprint density at radius 3 is 2.85 bits per heavy atom. The largest absolute Gasteiger partial charge is 0.496 e. The average molecular weight is 276 g/mol. The van der Waals surface area contributed by atoms with Crippen LogP contribution >= 0.6 is 0 Å². The van der Waals surface area contributed by atoms with Gasteiger partial charge in [-0.2, -0.15) is 0 Å². The van der Waals surface area contributed by atoms with E-state index in [2.05, 4.69) is 11.8 Å². The summed E-state index contributed by atoms with van der Waals surface area (Å²) >= 11 is 0. The molecule has 2 unspecified atom stereocenters. The highest BCUT2D eigenvalue weighted by molar-refractivity contribution is 5.94. The third-order valence-corrected chi connectivity index (χ3v) is 4.11. The normalized spacial score (nSPS) is 23.6. The number of rotatable bonds is 4. The van der Waals surface area contributed by atoms with Crippen molar-refractivity contribution < 1.29 is 9.53 Å². The number of benzene rings is 1. The molecule has 0 amide bonds. The number of carbonyl (C=O) groups is 1. The SMILES string of the molecule is COc1ccc(C(C)=O)cc1CN1CCC(N)CC1C. The number of carbonyl (C=O) groups excluding carboxylic acids is 1.